The number of aromatic amines is 1. The zero-order chi connectivity index (χ0) is 20.9. The Morgan fingerprint density at radius 1 is 1.03 bits per heavy atom. The summed E-state index contributed by atoms with van der Waals surface area (Å²) in [5, 5.41) is 6.60. The number of carbonyl (C=O) groups is 2. The van der Waals surface area contributed by atoms with Gasteiger partial charge in [0.05, 0.1) is 12.5 Å². The molecule has 1 aromatic carbocycles. The summed E-state index contributed by atoms with van der Waals surface area (Å²) in [6.07, 6.45) is 5.03. The highest BCUT2D eigenvalue weighted by Crippen LogP contribution is 2.22. The molecule has 4 aromatic rings. The first-order chi connectivity index (χ1) is 14.6. The van der Waals surface area contributed by atoms with Gasteiger partial charge in [0.2, 0.25) is 0 Å². The first-order valence-electron chi connectivity index (χ1n) is 9.56. The molecule has 3 heterocycles. The van der Waals surface area contributed by atoms with Crippen molar-refractivity contribution in [1.82, 2.24) is 15.6 Å². The molecule has 152 valence electrons. The molecule has 2 amide bonds. The van der Waals surface area contributed by atoms with E-state index < -0.39 is 11.8 Å². The Labute approximate surface area is 172 Å². The summed E-state index contributed by atoms with van der Waals surface area (Å²) in [6, 6.07) is 14.6. The van der Waals surface area contributed by atoms with Gasteiger partial charge in [0, 0.05) is 29.2 Å². The van der Waals surface area contributed by atoms with Gasteiger partial charge < -0.3 is 24.5 Å². The Hall–Kier alpha value is -4.00. The lowest BCUT2D eigenvalue weighted by Gasteiger charge is -2.10. The Balaban J connectivity index is 1.46. The molecule has 0 unspecified atom stereocenters. The van der Waals surface area contributed by atoms with E-state index in [-0.39, 0.29) is 11.5 Å². The first-order valence-corrected chi connectivity index (χ1v) is 9.56. The van der Waals surface area contributed by atoms with Crippen LogP contribution >= 0.6 is 0 Å². The van der Waals surface area contributed by atoms with Crippen LogP contribution in [0.15, 0.2) is 75.6 Å². The molecule has 30 heavy (non-hydrogen) atoms. The maximum Gasteiger partial charge on any atom is 0.291 e. The van der Waals surface area contributed by atoms with Gasteiger partial charge in [-0.2, -0.15) is 0 Å². The highest BCUT2D eigenvalue weighted by molar-refractivity contribution is 6.04. The Morgan fingerprint density at radius 3 is 2.60 bits per heavy atom. The summed E-state index contributed by atoms with van der Waals surface area (Å²) in [7, 11) is 0. The average Bonchev–Trinajstić information content (AvgIpc) is 3.49. The lowest BCUT2D eigenvalue weighted by molar-refractivity contribution is -0.117. The molecule has 3 aromatic heterocycles. The fourth-order valence-electron chi connectivity index (χ4n) is 3.32. The molecule has 0 atom stereocenters. The van der Waals surface area contributed by atoms with E-state index in [2.05, 4.69) is 21.7 Å². The maximum atomic E-state index is 12.8. The molecule has 0 saturated carbocycles. The minimum absolute atomic E-state index is 0.0713. The lowest BCUT2D eigenvalue weighted by Crippen LogP contribution is -2.35. The van der Waals surface area contributed by atoms with Gasteiger partial charge in [0.25, 0.3) is 11.8 Å². The quantitative estimate of drug-likeness (QED) is 0.409. The van der Waals surface area contributed by atoms with E-state index in [1.807, 2.05) is 25.1 Å². The number of benzene rings is 1. The van der Waals surface area contributed by atoms with E-state index in [9.17, 15) is 9.59 Å². The van der Waals surface area contributed by atoms with Crippen LogP contribution in [0.2, 0.25) is 0 Å². The fraction of sp³-hybridized carbons (Fsp3) is 0.130. The summed E-state index contributed by atoms with van der Waals surface area (Å²) in [4.78, 5) is 28.5. The summed E-state index contributed by atoms with van der Waals surface area (Å²) in [6.45, 7) is 2.43. The number of nitrogens with one attached hydrogen (secondary N) is 3. The molecule has 0 bridgehead atoms. The molecule has 0 fully saturated rings. The van der Waals surface area contributed by atoms with Crippen LogP contribution in [0.25, 0.3) is 17.0 Å². The second-order valence-corrected chi connectivity index (χ2v) is 6.78. The van der Waals surface area contributed by atoms with E-state index in [0.717, 1.165) is 22.2 Å². The number of hydrogen-bond donors (Lipinski definition) is 3. The van der Waals surface area contributed by atoms with Gasteiger partial charge in [-0.05, 0) is 49.2 Å². The van der Waals surface area contributed by atoms with Gasteiger partial charge in [-0.3, -0.25) is 9.59 Å². The van der Waals surface area contributed by atoms with Crippen molar-refractivity contribution in [2.75, 3.05) is 6.54 Å². The van der Waals surface area contributed by atoms with Crippen LogP contribution in [-0.2, 0) is 11.2 Å². The standard InChI is InChI=1S/C23H21N3O4/c1-15-17(18-7-2-3-8-19(18)25-15)10-11-24-22(27)20(14-16-6-4-12-29-16)26-23(28)21-9-5-13-30-21/h2-9,12-14,25H,10-11H2,1H3,(H,24,27)(H,26,28). The number of aromatic nitrogens is 1. The van der Waals surface area contributed by atoms with E-state index in [4.69, 9.17) is 8.83 Å². The summed E-state index contributed by atoms with van der Waals surface area (Å²) < 4.78 is 10.4. The van der Waals surface area contributed by atoms with Crippen LogP contribution in [-0.4, -0.2) is 23.3 Å². The molecule has 0 aliphatic rings. The molecule has 0 saturated heterocycles. The van der Waals surface area contributed by atoms with Crippen molar-refractivity contribution in [1.29, 1.82) is 0 Å². The number of fused-ring (bicyclic) bond motifs is 1. The Morgan fingerprint density at radius 2 is 1.83 bits per heavy atom. The predicted molar refractivity (Wildman–Crippen MR) is 113 cm³/mol. The first kappa shape index (κ1) is 19.3. The normalized spacial score (nSPS) is 11.6. The number of carbonyl (C=O) groups excluding carboxylic acids is 2. The highest BCUT2D eigenvalue weighted by Gasteiger charge is 2.17. The summed E-state index contributed by atoms with van der Waals surface area (Å²) in [5.41, 5.74) is 3.37. The highest BCUT2D eigenvalue weighted by atomic mass is 16.3. The molecule has 0 spiro atoms. The molecule has 7 heteroatoms. The van der Waals surface area contributed by atoms with E-state index in [1.165, 1.54) is 24.7 Å². The van der Waals surface area contributed by atoms with E-state index in [0.29, 0.717) is 18.7 Å². The van der Waals surface area contributed by atoms with Crippen LogP contribution in [0, 0.1) is 6.92 Å². The van der Waals surface area contributed by atoms with Crippen molar-refractivity contribution in [3.05, 3.63) is 89.5 Å². The van der Waals surface area contributed by atoms with Gasteiger partial charge >= 0.3 is 0 Å². The number of rotatable bonds is 7. The van der Waals surface area contributed by atoms with Crippen molar-refractivity contribution >= 4 is 28.8 Å². The van der Waals surface area contributed by atoms with Crippen LogP contribution in [0.4, 0.5) is 0 Å². The van der Waals surface area contributed by atoms with Crippen molar-refractivity contribution < 1.29 is 18.4 Å². The number of hydrogen-bond acceptors (Lipinski definition) is 4. The minimum atomic E-state index is -0.513. The maximum absolute atomic E-state index is 12.8. The number of amides is 2. The number of H-pyrrole nitrogens is 1. The third kappa shape index (κ3) is 4.20. The lowest BCUT2D eigenvalue weighted by atomic mass is 10.1. The Kier molecular flexibility index (Phi) is 5.52. The molecule has 0 radical (unpaired) electrons. The summed E-state index contributed by atoms with van der Waals surface area (Å²) in [5.74, 6) is -0.362. The second-order valence-electron chi connectivity index (χ2n) is 6.78. The number of para-hydroxylation sites is 1. The average molecular weight is 403 g/mol. The zero-order valence-corrected chi connectivity index (χ0v) is 16.4. The van der Waals surface area contributed by atoms with Gasteiger partial charge in [0.15, 0.2) is 5.76 Å². The monoisotopic (exact) mass is 403 g/mol. The van der Waals surface area contributed by atoms with Crippen LogP contribution in [0.3, 0.4) is 0 Å². The van der Waals surface area contributed by atoms with Crippen LogP contribution < -0.4 is 10.6 Å². The van der Waals surface area contributed by atoms with Crippen molar-refractivity contribution in [2.45, 2.75) is 13.3 Å². The van der Waals surface area contributed by atoms with Crippen LogP contribution in [0.1, 0.15) is 27.6 Å². The van der Waals surface area contributed by atoms with Crippen molar-refractivity contribution in [3.63, 3.8) is 0 Å². The van der Waals surface area contributed by atoms with Gasteiger partial charge in [-0.1, -0.05) is 18.2 Å². The fourth-order valence-corrected chi connectivity index (χ4v) is 3.32. The zero-order valence-electron chi connectivity index (χ0n) is 16.4. The topological polar surface area (TPSA) is 100 Å². The van der Waals surface area contributed by atoms with Gasteiger partial charge in [0.1, 0.15) is 11.5 Å². The Bertz CT molecular complexity index is 1180. The number of aryl methyl sites for hydroxylation is 1. The number of furan rings is 2. The largest absolute Gasteiger partial charge is 0.465 e. The molecule has 4 rings (SSSR count). The SMILES string of the molecule is Cc1[nH]c2ccccc2c1CCNC(=O)C(=Cc1ccco1)NC(=O)c1ccco1. The van der Waals surface area contributed by atoms with E-state index in [1.54, 1.807) is 18.2 Å². The predicted octanol–water partition coefficient (Wildman–Crippen LogP) is 3.79. The molecular formula is C23H21N3O4. The smallest absolute Gasteiger partial charge is 0.291 e. The second kappa shape index (κ2) is 8.57. The van der Waals surface area contributed by atoms with Crippen molar-refractivity contribution in [2.24, 2.45) is 0 Å². The minimum Gasteiger partial charge on any atom is -0.465 e. The van der Waals surface area contributed by atoms with Gasteiger partial charge in [-0.25, -0.2) is 0 Å². The van der Waals surface area contributed by atoms with E-state index >= 15 is 0 Å². The molecule has 0 aliphatic carbocycles. The molecular weight excluding hydrogens is 382 g/mol. The molecule has 7 nitrogen and oxygen atoms in total. The van der Waals surface area contributed by atoms with Crippen molar-refractivity contribution in [3.8, 4) is 0 Å². The summed E-state index contributed by atoms with van der Waals surface area (Å²) >= 11 is 0. The third-order valence-electron chi connectivity index (χ3n) is 4.76. The molecule has 3 N–H and O–H groups in total. The van der Waals surface area contributed by atoms with Gasteiger partial charge in [-0.15, -0.1) is 0 Å². The van der Waals surface area contributed by atoms with Crippen LogP contribution in [0.5, 0.6) is 0 Å². The molecule has 0 aliphatic heterocycles. The third-order valence-corrected chi connectivity index (χ3v) is 4.76.